The van der Waals surface area contributed by atoms with E-state index in [0.29, 0.717) is 19.7 Å². The summed E-state index contributed by atoms with van der Waals surface area (Å²) in [5.74, 6) is 0. The Balaban J connectivity index is 1.98. The van der Waals surface area contributed by atoms with Gasteiger partial charge in [0.15, 0.2) is 0 Å². The lowest BCUT2D eigenvalue weighted by Gasteiger charge is -2.32. The van der Waals surface area contributed by atoms with E-state index in [1.807, 2.05) is 6.07 Å². The summed E-state index contributed by atoms with van der Waals surface area (Å²) in [6.07, 6.45) is -2.36. The SMILES string of the molecule is NCC1CN(Cc2cccc(C(F)F)c2)CCO1. The van der Waals surface area contributed by atoms with Crippen LogP contribution in [0.15, 0.2) is 24.3 Å². The van der Waals surface area contributed by atoms with Gasteiger partial charge in [0, 0.05) is 31.7 Å². The van der Waals surface area contributed by atoms with Crippen molar-refractivity contribution >= 4 is 0 Å². The minimum Gasteiger partial charge on any atom is -0.374 e. The lowest BCUT2D eigenvalue weighted by molar-refractivity contribution is -0.0260. The van der Waals surface area contributed by atoms with Crippen LogP contribution in [0.3, 0.4) is 0 Å². The Labute approximate surface area is 106 Å². The summed E-state index contributed by atoms with van der Waals surface area (Å²) in [5, 5.41) is 0. The predicted molar refractivity (Wildman–Crippen MR) is 65.5 cm³/mol. The average Bonchev–Trinajstić information content (AvgIpc) is 2.39. The second kappa shape index (κ2) is 6.22. The molecule has 0 spiro atoms. The Kier molecular flexibility index (Phi) is 4.63. The highest BCUT2D eigenvalue weighted by Gasteiger charge is 2.19. The molecule has 1 atom stereocenters. The monoisotopic (exact) mass is 256 g/mol. The van der Waals surface area contributed by atoms with Crippen LogP contribution in [0.5, 0.6) is 0 Å². The Morgan fingerprint density at radius 1 is 1.44 bits per heavy atom. The molecule has 1 aliphatic heterocycles. The fourth-order valence-corrected chi connectivity index (χ4v) is 2.15. The van der Waals surface area contributed by atoms with E-state index in [2.05, 4.69) is 4.90 Å². The van der Waals surface area contributed by atoms with Gasteiger partial charge in [0.05, 0.1) is 12.7 Å². The molecular formula is C13H18F2N2O. The van der Waals surface area contributed by atoms with Gasteiger partial charge in [-0.3, -0.25) is 4.90 Å². The molecule has 1 heterocycles. The molecule has 100 valence electrons. The summed E-state index contributed by atoms with van der Waals surface area (Å²) >= 11 is 0. The van der Waals surface area contributed by atoms with Gasteiger partial charge in [0.1, 0.15) is 0 Å². The van der Waals surface area contributed by atoms with Gasteiger partial charge in [-0.1, -0.05) is 18.2 Å². The summed E-state index contributed by atoms with van der Waals surface area (Å²) in [7, 11) is 0. The standard InChI is InChI=1S/C13H18F2N2O/c14-13(15)11-3-1-2-10(6-11)8-17-4-5-18-12(7-16)9-17/h1-3,6,12-13H,4-5,7-9,16H2. The van der Waals surface area contributed by atoms with Gasteiger partial charge in [-0.05, 0) is 11.6 Å². The van der Waals surface area contributed by atoms with Crippen molar-refractivity contribution < 1.29 is 13.5 Å². The molecular weight excluding hydrogens is 238 g/mol. The molecule has 1 aromatic rings. The number of hydrogen-bond donors (Lipinski definition) is 1. The minimum absolute atomic E-state index is 0.0528. The van der Waals surface area contributed by atoms with Crippen LogP contribution in [0, 0.1) is 0 Å². The van der Waals surface area contributed by atoms with Crippen LogP contribution in [0.4, 0.5) is 8.78 Å². The number of benzene rings is 1. The van der Waals surface area contributed by atoms with Crippen molar-refractivity contribution in [3.63, 3.8) is 0 Å². The Morgan fingerprint density at radius 2 is 2.28 bits per heavy atom. The summed E-state index contributed by atoms with van der Waals surface area (Å²) in [5.41, 5.74) is 6.56. The number of ether oxygens (including phenoxy) is 1. The molecule has 1 aromatic carbocycles. The number of alkyl halides is 2. The Bertz CT molecular complexity index is 387. The molecule has 0 saturated carbocycles. The molecule has 0 amide bonds. The molecule has 0 aliphatic carbocycles. The van der Waals surface area contributed by atoms with Gasteiger partial charge in [-0.15, -0.1) is 0 Å². The quantitative estimate of drug-likeness (QED) is 0.892. The fraction of sp³-hybridized carbons (Fsp3) is 0.538. The van der Waals surface area contributed by atoms with Gasteiger partial charge in [0.25, 0.3) is 6.43 Å². The first-order valence-corrected chi connectivity index (χ1v) is 6.10. The van der Waals surface area contributed by atoms with Crippen LogP contribution < -0.4 is 5.73 Å². The molecule has 1 aliphatic rings. The maximum atomic E-state index is 12.6. The molecule has 2 N–H and O–H groups in total. The smallest absolute Gasteiger partial charge is 0.263 e. The van der Waals surface area contributed by atoms with E-state index >= 15 is 0 Å². The van der Waals surface area contributed by atoms with Crippen molar-refractivity contribution in [2.24, 2.45) is 5.73 Å². The van der Waals surface area contributed by atoms with Gasteiger partial charge >= 0.3 is 0 Å². The third-order valence-electron chi connectivity index (χ3n) is 3.09. The molecule has 2 rings (SSSR count). The summed E-state index contributed by atoms with van der Waals surface area (Å²) in [6, 6.07) is 6.57. The number of nitrogens with zero attached hydrogens (tertiary/aromatic N) is 1. The normalized spacial score (nSPS) is 21.4. The molecule has 1 saturated heterocycles. The van der Waals surface area contributed by atoms with E-state index in [9.17, 15) is 8.78 Å². The molecule has 1 unspecified atom stereocenters. The largest absolute Gasteiger partial charge is 0.374 e. The molecule has 0 radical (unpaired) electrons. The van der Waals surface area contributed by atoms with E-state index in [1.54, 1.807) is 12.1 Å². The Hall–Kier alpha value is -1.04. The summed E-state index contributed by atoms with van der Waals surface area (Å²) in [4.78, 5) is 2.19. The third kappa shape index (κ3) is 3.48. The van der Waals surface area contributed by atoms with E-state index < -0.39 is 6.43 Å². The van der Waals surface area contributed by atoms with Crippen LogP contribution in [0.25, 0.3) is 0 Å². The van der Waals surface area contributed by atoms with Gasteiger partial charge in [-0.25, -0.2) is 8.78 Å². The van der Waals surface area contributed by atoms with Gasteiger partial charge in [-0.2, -0.15) is 0 Å². The zero-order valence-electron chi connectivity index (χ0n) is 10.2. The van der Waals surface area contributed by atoms with Crippen LogP contribution in [0.2, 0.25) is 0 Å². The number of halogens is 2. The molecule has 3 nitrogen and oxygen atoms in total. The molecule has 1 fully saturated rings. The molecule has 18 heavy (non-hydrogen) atoms. The van der Waals surface area contributed by atoms with Crippen molar-refractivity contribution in [3.8, 4) is 0 Å². The number of morpholine rings is 1. The van der Waals surface area contributed by atoms with Crippen LogP contribution >= 0.6 is 0 Å². The van der Waals surface area contributed by atoms with Crippen molar-refractivity contribution in [1.29, 1.82) is 0 Å². The molecule has 5 heteroatoms. The van der Waals surface area contributed by atoms with Crippen molar-refractivity contribution in [3.05, 3.63) is 35.4 Å². The summed E-state index contributed by atoms with van der Waals surface area (Å²) < 4.78 is 30.7. The highest BCUT2D eigenvalue weighted by atomic mass is 19.3. The maximum absolute atomic E-state index is 12.6. The average molecular weight is 256 g/mol. The molecule has 0 bridgehead atoms. The maximum Gasteiger partial charge on any atom is 0.263 e. The summed E-state index contributed by atoms with van der Waals surface area (Å²) in [6.45, 7) is 3.38. The number of nitrogens with two attached hydrogens (primary N) is 1. The van der Waals surface area contributed by atoms with Crippen molar-refractivity contribution in [2.45, 2.75) is 19.1 Å². The van der Waals surface area contributed by atoms with Gasteiger partial charge < -0.3 is 10.5 Å². The second-order valence-corrected chi connectivity index (χ2v) is 4.51. The lowest BCUT2D eigenvalue weighted by Crippen LogP contribution is -2.45. The Morgan fingerprint density at radius 3 is 3.00 bits per heavy atom. The third-order valence-corrected chi connectivity index (χ3v) is 3.09. The zero-order chi connectivity index (χ0) is 13.0. The first-order chi connectivity index (χ1) is 8.69. The van der Waals surface area contributed by atoms with E-state index in [1.165, 1.54) is 6.07 Å². The lowest BCUT2D eigenvalue weighted by atomic mass is 10.1. The fourth-order valence-electron chi connectivity index (χ4n) is 2.15. The number of hydrogen-bond acceptors (Lipinski definition) is 3. The van der Waals surface area contributed by atoms with Crippen molar-refractivity contribution in [1.82, 2.24) is 4.90 Å². The first-order valence-electron chi connectivity index (χ1n) is 6.10. The van der Waals surface area contributed by atoms with Gasteiger partial charge in [0.2, 0.25) is 0 Å². The van der Waals surface area contributed by atoms with E-state index in [-0.39, 0.29) is 11.7 Å². The minimum atomic E-state index is -2.41. The highest BCUT2D eigenvalue weighted by molar-refractivity contribution is 5.24. The highest BCUT2D eigenvalue weighted by Crippen LogP contribution is 2.20. The van der Waals surface area contributed by atoms with Crippen LogP contribution in [0.1, 0.15) is 17.6 Å². The van der Waals surface area contributed by atoms with E-state index in [4.69, 9.17) is 10.5 Å². The van der Waals surface area contributed by atoms with Crippen molar-refractivity contribution in [2.75, 3.05) is 26.2 Å². The first kappa shape index (κ1) is 13.4. The van der Waals surface area contributed by atoms with E-state index in [0.717, 1.165) is 18.7 Å². The number of rotatable bonds is 4. The van der Waals surface area contributed by atoms with Crippen LogP contribution in [-0.4, -0.2) is 37.2 Å². The van der Waals surface area contributed by atoms with Crippen LogP contribution in [-0.2, 0) is 11.3 Å². The predicted octanol–water partition coefficient (Wildman–Crippen LogP) is 1.78. The second-order valence-electron chi connectivity index (χ2n) is 4.51. The zero-order valence-corrected chi connectivity index (χ0v) is 10.2. The topological polar surface area (TPSA) is 38.5 Å². The molecule has 0 aromatic heterocycles.